The molecule has 0 amide bonds. The summed E-state index contributed by atoms with van der Waals surface area (Å²) < 4.78 is 0. The van der Waals surface area contributed by atoms with Crippen molar-refractivity contribution in [2.75, 3.05) is 13.1 Å². The summed E-state index contributed by atoms with van der Waals surface area (Å²) in [6, 6.07) is 0. The molecule has 0 radical (unpaired) electrons. The summed E-state index contributed by atoms with van der Waals surface area (Å²) >= 11 is 0. The molecule has 1 aliphatic carbocycles. The molecule has 0 aliphatic heterocycles. The summed E-state index contributed by atoms with van der Waals surface area (Å²) in [4.78, 5) is 0. The third-order valence-corrected chi connectivity index (χ3v) is 3.97. The van der Waals surface area contributed by atoms with Gasteiger partial charge in [0.25, 0.3) is 0 Å². The molecule has 2 atom stereocenters. The topological polar surface area (TPSA) is 12.0 Å². The number of hydrogen-bond donors (Lipinski definition) is 1. The Morgan fingerprint density at radius 2 is 1.88 bits per heavy atom. The lowest BCUT2D eigenvalue weighted by molar-refractivity contribution is 0.286. The Bertz CT molecular complexity index is 236. The van der Waals surface area contributed by atoms with E-state index >= 15 is 0 Å². The van der Waals surface area contributed by atoms with E-state index in [0.29, 0.717) is 0 Å². The quantitative estimate of drug-likeness (QED) is 0.417. The van der Waals surface area contributed by atoms with Crippen LogP contribution in [-0.4, -0.2) is 13.1 Å². The first-order chi connectivity index (χ1) is 8.38. The fourth-order valence-corrected chi connectivity index (χ4v) is 2.96. The zero-order chi connectivity index (χ0) is 12.3. The zero-order valence-electron chi connectivity index (χ0n) is 11.7. The van der Waals surface area contributed by atoms with Gasteiger partial charge in [-0.25, -0.2) is 0 Å². The largest absolute Gasteiger partial charge is 0.316 e. The van der Waals surface area contributed by atoms with Gasteiger partial charge in [-0.3, -0.25) is 0 Å². The minimum absolute atomic E-state index is 0.905. The van der Waals surface area contributed by atoms with Gasteiger partial charge in [0.2, 0.25) is 0 Å². The second-order valence-corrected chi connectivity index (χ2v) is 5.33. The van der Waals surface area contributed by atoms with Gasteiger partial charge in [-0.2, -0.15) is 0 Å². The van der Waals surface area contributed by atoms with Crippen LogP contribution in [-0.2, 0) is 0 Å². The van der Waals surface area contributed by atoms with Crippen LogP contribution >= 0.6 is 0 Å². The molecule has 0 saturated heterocycles. The second kappa shape index (κ2) is 9.54. The van der Waals surface area contributed by atoms with Crippen molar-refractivity contribution in [1.29, 1.82) is 0 Å². The molecule has 1 heteroatoms. The Labute approximate surface area is 108 Å². The van der Waals surface area contributed by atoms with Crippen LogP contribution in [0.25, 0.3) is 0 Å². The Kier molecular flexibility index (Phi) is 8.18. The first kappa shape index (κ1) is 14.6. The SMILES string of the molecule is CC#CCCC1CCCCCC1CNCCC. The van der Waals surface area contributed by atoms with Gasteiger partial charge in [0.05, 0.1) is 0 Å². The maximum absolute atomic E-state index is 3.62. The van der Waals surface area contributed by atoms with Gasteiger partial charge in [0, 0.05) is 6.42 Å². The highest BCUT2D eigenvalue weighted by Gasteiger charge is 2.22. The second-order valence-electron chi connectivity index (χ2n) is 5.33. The first-order valence-corrected chi connectivity index (χ1v) is 7.48. The summed E-state index contributed by atoms with van der Waals surface area (Å²) in [7, 11) is 0. The molecule has 0 aromatic rings. The van der Waals surface area contributed by atoms with E-state index in [9.17, 15) is 0 Å². The molecule has 1 nitrogen and oxygen atoms in total. The highest BCUT2D eigenvalue weighted by Crippen LogP contribution is 2.31. The van der Waals surface area contributed by atoms with Crippen LogP contribution in [0.5, 0.6) is 0 Å². The molecule has 0 aromatic carbocycles. The minimum atomic E-state index is 0.905. The summed E-state index contributed by atoms with van der Waals surface area (Å²) in [5.74, 6) is 8.08. The molecular weight excluding hydrogens is 206 g/mol. The molecule has 1 aliphatic rings. The third kappa shape index (κ3) is 6.13. The van der Waals surface area contributed by atoms with Crippen LogP contribution < -0.4 is 5.32 Å². The molecular formula is C16H29N. The smallest absolute Gasteiger partial charge is 0.00913 e. The highest BCUT2D eigenvalue weighted by molar-refractivity contribution is 4.95. The van der Waals surface area contributed by atoms with E-state index in [2.05, 4.69) is 24.1 Å². The Morgan fingerprint density at radius 3 is 2.59 bits per heavy atom. The Balaban J connectivity index is 2.37. The summed E-state index contributed by atoms with van der Waals surface area (Å²) in [5.41, 5.74) is 0. The first-order valence-electron chi connectivity index (χ1n) is 7.48. The maximum atomic E-state index is 3.62. The molecule has 0 heterocycles. The molecule has 1 N–H and O–H groups in total. The van der Waals surface area contributed by atoms with E-state index in [0.717, 1.165) is 18.3 Å². The van der Waals surface area contributed by atoms with Crippen molar-refractivity contribution in [2.24, 2.45) is 11.8 Å². The molecule has 1 fully saturated rings. The average molecular weight is 235 g/mol. The van der Waals surface area contributed by atoms with E-state index in [4.69, 9.17) is 0 Å². The molecule has 17 heavy (non-hydrogen) atoms. The van der Waals surface area contributed by atoms with E-state index < -0.39 is 0 Å². The van der Waals surface area contributed by atoms with E-state index in [1.165, 1.54) is 58.0 Å². The van der Waals surface area contributed by atoms with Gasteiger partial charge in [-0.1, -0.05) is 32.6 Å². The predicted molar refractivity (Wildman–Crippen MR) is 75.9 cm³/mol. The lowest BCUT2D eigenvalue weighted by Crippen LogP contribution is -2.28. The van der Waals surface area contributed by atoms with Gasteiger partial charge < -0.3 is 5.32 Å². The fourth-order valence-electron chi connectivity index (χ4n) is 2.96. The van der Waals surface area contributed by atoms with Crippen LogP contribution in [0.15, 0.2) is 0 Å². The Hall–Kier alpha value is -0.480. The summed E-state index contributed by atoms with van der Waals surface area (Å²) in [5, 5.41) is 3.62. The fraction of sp³-hybridized carbons (Fsp3) is 0.875. The Morgan fingerprint density at radius 1 is 1.12 bits per heavy atom. The minimum Gasteiger partial charge on any atom is -0.316 e. The van der Waals surface area contributed by atoms with E-state index in [1.54, 1.807) is 0 Å². The van der Waals surface area contributed by atoms with Crippen molar-refractivity contribution in [1.82, 2.24) is 5.32 Å². The molecule has 0 aromatic heterocycles. The van der Waals surface area contributed by atoms with Crippen molar-refractivity contribution < 1.29 is 0 Å². The molecule has 0 spiro atoms. The third-order valence-electron chi connectivity index (χ3n) is 3.97. The monoisotopic (exact) mass is 235 g/mol. The van der Waals surface area contributed by atoms with Crippen molar-refractivity contribution in [3.8, 4) is 11.8 Å². The summed E-state index contributed by atoms with van der Waals surface area (Å²) in [6.07, 6.45) is 10.9. The van der Waals surface area contributed by atoms with Crippen molar-refractivity contribution in [2.45, 2.75) is 65.2 Å². The van der Waals surface area contributed by atoms with Crippen LogP contribution in [0.1, 0.15) is 65.2 Å². The maximum Gasteiger partial charge on any atom is 0.00913 e. The molecule has 0 bridgehead atoms. The van der Waals surface area contributed by atoms with Gasteiger partial charge in [-0.15, -0.1) is 11.8 Å². The number of rotatable bonds is 6. The standard InChI is InChI=1S/C16H29N/c1-3-5-7-10-15-11-8-6-9-12-16(15)14-17-13-4-2/h15-17H,4,6-14H2,1-2H3. The van der Waals surface area contributed by atoms with E-state index in [1.807, 2.05) is 6.92 Å². The van der Waals surface area contributed by atoms with Crippen molar-refractivity contribution in [3.63, 3.8) is 0 Å². The van der Waals surface area contributed by atoms with Gasteiger partial charge in [0.1, 0.15) is 0 Å². The van der Waals surface area contributed by atoms with Gasteiger partial charge >= 0.3 is 0 Å². The predicted octanol–water partition coefficient (Wildman–Crippen LogP) is 3.99. The lowest BCUT2D eigenvalue weighted by atomic mass is 9.84. The number of hydrogen-bond acceptors (Lipinski definition) is 1. The van der Waals surface area contributed by atoms with Crippen LogP contribution in [0.4, 0.5) is 0 Å². The van der Waals surface area contributed by atoms with E-state index in [-0.39, 0.29) is 0 Å². The molecule has 1 rings (SSSR count). The van der Waals surface area contributed by atoms with Crippen LogP contribution in [0.2, 0.25) is 0 Å². The lowest BCUT2D eigenvalue weighted by Gasteiger charge is -2.25. The molecule has 1 saturated carbocycles. The van der Waals surface area contributed by atoms with Crippen LogP contribution in [0, 0.1) is 23.7 Å². The molecule has 2 unspecified atom stereocenters. The van der Waals surface area contributed by atoms with Crippen LogP contribution in [0.3, 0.4) is 0 Å². The molecule has 98 valence electrons. The number of nitrogens with one attached hydrogen (secondary N) is 1. The van der Waals surface area contributed by atoms with Gasteiger partial charge in [0.15, 0.2) is 0 Å². The average Bonchev–Trinajstić information content (AvgIpc) is 2.56. The van der Waals surface area contributed by atoms with Crippen molar-refractivity contribution in [3.05, 3.63) is 0 Å². The highest BCUT2D eigenvalue weighted by atomic mass is 14.9. The van der Waals surface area contributed by atoms with Crippen molar-refractivity contribution >= 4 is 0 Å². The summed E-state index contributed by atoms with van der Waals surface area (Å²) in [6.45, 7) is 6.61. The zero-order valence-corrected chi connectivity index (χ0v) is 11.7. The normalized spacial score (nSPS) is 24.8. The van der Waals surface area contributed by atoms with Gasteiger partial charge in [-0.05, 0) is 51.1 Å².